The predicted molar refractivity (Wildman–Crippen MR) is 107 cm³/mol. The van der Waals surface area contributed by atoms with Gasteiger partial charge in [0.25, 0.3) is 0 Å². The highest BCUT2D eigenvalue weighted by Gasteiger charge is 2.17. The molecule has 0 saturated heterocycles. The Morgan fingerprint density at radius 2 is 1.93 bits per heavy atom. The standard InChI is InChI=1S/C20H29NO4.CH4O/c1-4-16(13-21-19(14-22)20(23)24-3)11-12-18(5-2)25-15-17-9-7-6-8-10-17;1-2/h4,6-10,12,19,21-22H,5,11,13-15H2,1-3H3;2H,1H3/b16-4+,18-12+;. The summed E-state index contributed by atoms with van der Waals surface area (Å²) < 4.78 is 10.5. The van der Waals surface area contributed by atoms with Gasteiger partial charge in [-0.05, 0) is 25.0 Å². The number of hydrogen-bond donors (Lipinski definition) is 3. The minimum absolute atomic E-state index is 0.292. The summed E-state index contributed by atoms with van der Waals surface area (Å²) in [6.45, 7) is 4.78. The second-order valence-electron chi connectivity index (χ2n) is 5.59. The average molecular weight is 379 g/mol. The molecule has 1 atom stereocenters. The van der Waals surface area contributed by atoms with Gasteiger partial charge in [0, 0.05) is 20.1 Å². The summed E-state index contributed by atoms with van der Waals surface area (Å²) in [7, 11) is 2.31. The summed E-state index contributed by atoms with van der Waals surface area (Å²) in [6, 6.07) is 9.35. The number of rotatable bonds is 11. The van der Waals surface area contributed by atoms with Crippen LogP contribution in [0.25, 0.3) is 0 Å². The third-order valence-electron chi connectivity index (χ3n) is 3.86. The Hall–Kier alpha value is -2.15. The van der Waals surface area contributed by atoms with Crippen molar-refractivity contribution in [1.29, 1.82) is 0 Å². The molecule has 0 aliphatic carbocycles. The molecule has 1 aromatic rings. The smallest absolute Gasteiger partial charge is 0.325 e. The second-order valence-corrected chi connectivity index (χ2v) is 5.59. The van der Waals surface area contributed by atoms with Crippen molar-refractivity contribution in [2.75, 3.05) is 27.4 Å². The van der Waals surface area contributed by atoms with E-state index in [0.717, 1.165) is 36.8 Å². The third kappa shape index (κ3) is 10.6. The number of benzene rings is 1. The summed E-state index contributed by atoms with van der Waals surface area (Å²) in [4.78, 5) is 11.5. The Morgan fingerprint density at radius 1 is 1.26 bits per heavy atom. The molecule has 0 radical (unpaired) electrons. The Labute approximate surface area is 162 Å². The number of esters is 1. The van der Waals surface area contributed by atoms with E-state index in [2.05, 4.69) is 23.1 Å². The highest BCUT2D eigenvalue weighted by molar-refractivity contribution is 5.75. The number of carbonyl (C=O) groups excluding carboxylic acids is 1. The van der Waals surface area contributed by atoms with E-state index in [0.29, 0.717) is 13.2 Å². The Bertz CT molecular complexity index is 569. The van der Waals surface area contributed by atoms with Gasteiger partial charge in [0.15, 0.2) is 0 Å². The number of ether oxygens (including phenoxy) is 2. The molecule has 152 valence electrons. The lowest BCUT2D eigenvalue weighted by Gasteiger charge is -2.15. The van der Waals surface area contributed by atoms with Crippen LogP contribution in [0.5, 0.6) is 0 Å². The van der Waals surface area contributed by atoms with E-state index in [1.807, 2.05) is 43.3 Å². The van der Waals surface area contributed by atoms with Crippen molar-refractivity contribution in [1.82, 2.24) is 5.32 Å². The van der Waals surface area contributed by atoms with E-state index in [1.165, 1.54) is 7.11 Å². The Kier molecular flexibility index (Phi) is 14.8. The molecular formula is C21H33NO5. The number of aliphatic hydroxyl groups excluding tert-OH is 2. The number of allylic oxidation sites excluding steroid dienone is 3. The lowest BCUT2D eigenvalue weighted by Crippen LogP contribution is -2.41. The Morgan fingerprint density at radius 3 is 2.44 bits per heavy atom. The van der Waals surface area contributed by atoms with Gasteiger partial charge in [-0.1, -0.05) is 48.9 Å². The normalized spacial score (nSPS) is 12.7. The molecule has 0 aliphatic rings. The summed E-state index contributed by atoms with van der Waals surface area (Å²) >= 11 is 0. The van der Waals surface area contributed by atoms with Gasteiger partial charge < -0.3 is 19.7 Å². The van der Waals surface area contributed by atoms with Crippen LogP contribution in [-0.2, 0) is 20.9 Å². The average Bonchev–Trinajstić information content (AvgIpc) is 2.74. The molecule has 0 fully saturated rings. The first kappa shape index (κ1) is 24.8. The number of nitrogens with one attached hydrogen (secondary N) is 1. The van der Waals surface area contributed by atoms with Gasteiger partial charge in [0.1, 0.15) is 12.6 Å². The molecule has 0 aromatic heterocycles. The fraction of sp³-hybridized carbons (Fsp3) is 0.476. The van der Waals surface area contributed by atoms with Crippen LogP contribution in [0.15, 0.2) is 53.8 Å². The molecule has 1 aromatic carbocycles. The summed E-state index contributed by atoms with van der Waals surface area (Å²) in [6.07, 6.45) is 5.60. The maximum atomic E-state index is 11.5. The largest absolute Gasteiger partial charge is 0.494 e. The van der Waals surface area contributed by atoms with Crippen LogP contribution in [0.4, 0.5) is 0 Å². The molecule has 0 aliphatic heterocycles. The molecule has 0 spiro atoms. The fourth-order valence-corrected chi connectivity index (χ4v) is 2.21. The van der Waals surface area contributed by atoms with Crippen LogP contribution in [0.3, 0.4) is 0 Å². The number of hydrogen-bond acceptors (Lipinski definition) is 6. The summed E-state index contributed by atoms with van der Waals surface area (Å²) in [5.41, 5.74) is 2.25. The van der Waals surface area contributed by atoms with E-state index in [1.54, 1.807) is 0 Å². The van der Waals surface area contributed by atoms with Gasteiger partial charge in [-0.15, -0.1) is 0 Å². The minimum Gasteiger partial charge on any atom is -0.494 e. The van der Waals surface area contributed by atoms with Crippen molar-refractivity contribution in [2.24, 2.45) is 0 Å². The Balaban J connectivity index is 0.00000326. The first-order chi connectivity index (χ1) is 13.1. The lowest BCUT2D eigenvalue weighted by atomic mass is 10.1. The topological polar surface area (TPSA) is 88.0 Å². The van der Waals surface area contributed by atoms with Gasteiger partial charge in [0.2, 0.25) is 0 Å². The summed E-state index contributed by atoms with van der Waals surface area (Å²) in [5, 5.41) is 19.2. The molecule has 6 nitrogen and oxygen atoms in total. The lowest BCUT2D eigenvalue weighted by molar-refractivity contribution is -0.144. The van der Waals surface area contributed by atoms with Gasteiger partial charge in [-0.3, -0.25) is 10.1 Å². The van der Waals surface area contributed by atoms with Crippen LogP contribution < -0.4 is 5.32 Å². The highest BCUT2D eigenvalue weighted by Crippen LogP contribution is 2.12. The molecule has 3 N–H and O–H groups in total. The molecule has 1 unspecified atom stereocenters. The number of carbonyl (C=O) groups is 1. The van der Waals surface area contributed by atoms with Crippen LogP contribution in [0.1, 0.15) is 32.3 Å². The van der Waals surface area contributed by atoms with E-state index < -0.39 is 12.0 Å². The van der Waals surface area contributed by atoms with Gasteiger partial charge in [0.05, 0.1) is 19.5 Å². The van der Waals surface area contributed by atoms with Crippen LogP contribution in [0.2, 0.25) is 0 Å². The molecule has 0 saturated carbocycles. The molecule has 0 bridgehead atoms. The summed E-state index contributed by atoms with van der Waals surface area (Å²) in [5.74, 6) is 0.476. The van der Waals surface area contributed by atoms with E-state index >= 15 is 0 Å². The van der Waals surface area contributed by atoms with Gasteiger partial charge in [-0.2, -0.15) is 0 Å². The van der Waals surface area contributed by atoms with Crippen molar-refractivity contribution in [2.45, 2.75) is 39.3 Å². The number of methoxy groups -OCH3 is 1. The van der Waals surface area contributed by atoms with Crippen molar-refractivity contribution in [3.63, 3.8) is 0 Å². The van der Waals surface area contributed by atoms with Crippen LogP contribution in [-0.4, -0.2) is 49.6 Å². The van der Waals surface area contributed by atoms with E-state index in [-0.39, 0.29) is 6.61 Å². The zero-order valence-corrected chi connectivity index (χ0v) is 16.8. The number of aliphatic hydroxyl groups is 2. The zero-order chi connectivity index (χ0) is 20.5. The first-order valence-corrected chi connectivity index (χ1v) is 9.01. The maximum Gasteiger partial charge on any atom is 0.325 e. The van der Waals surface area contributed by atoms with Gasteiger partial charge in [-0.25, -0.2) is 0 Å². The maximum absolute atomic E-state index is 11.5. The fourth-order valence-electron chi connectivity index (χ4n) is 2.21. The SMILES string of the molecule is C/C=C(\C/C=C(\CC)OCc1ccccc1)CNC(CO)C(=O)OC.CO. The minimum atomic E-state index is -0.705. The van der Waals surface area contributed by atoms with Crippen molar-refractivity contribution >= 4 is 5.97 Å². The monoisotopic (exact) mass is 379 g/mol. The van der Waals surface area contributed by atoms with Gasteiger partial charge >= 0.3 is 5.97 Å². The molecule has 0 heterocycles. The molecule has 1 rings (SSSR count). The van der Waals surface area contributed by atoms with E-state index in [9.17, 15) is 9.90 Å². The van der Waals surface area contributed by atoms with Crippen molar-refractivity contribution in [3.05, 3.63) is 59.4 Å². The van der Waals surface area contributed by atoms with E-state index in [4.69, 9.17) is 9.84 Å². The quantitative estimate of drug-likeness (QED) is 0.311. The van der Waals surface area contributed by atoms with Crippen molar-refractivity contribution < 1.29 is 24.5 Å². The molecular weight excluding hydrogens is 346 g/mol. The molecule has 0 amide bonds. The van der Waals surface area contributed by atoms with Crippen LogP contribution >= 0.6 is 0 Å². The molecule has 6 heteroatoms. The zero-order valence-electron chi connectivity index (χ0n) is 16.8. The highest BCUT2D eigenvalue weighted by atomic mass is 16.5. The predicted octanol–water partition coefficient (Wildman–Crippen LogP) is 2.57. The second kappa shape index (κ2) is 16.1. The third-order valence-corrected chi connectivity index (χ3v) is 3.86. The van der Waals surface area contributed by atoms with Crippen molar-refractivity contribution in [3.8, 4) is 0 Å². The molecule has 27 heavy (non-hydrogen) atoms. The van der Waals surface area contributed by atoms with Crippen LogP contribution in [0, 0.1) is 0 Å². The first-order valence-electron chi connectivity index (χ1n) is 9.01.